The summed E-state index contributed by atoms with van der Waals surface area (Å²) >= 11 is 0. The Balaban J connectivity index is 3.88. The molecule has 0 rings (SSSR count). The lowest BCUT2D eigenvalue weighted by Crippen LogP contribution is -2.44. The Morgan fingerprint density at radius 3 is 2.36 bits per heavy atom. The molecule has 0 fully saturated rings. The molecule has 0 heterocycles. The number of hydrogen-bond acceptors (Lipinski definition) is 2. The summed E-state index contributed by atoms with van der Waals surface area (Å²) in [5.41, 5.74) is 0. The van der Waals surface area contributed by atoms with E-state index in [1.165, 1.54) is 7.05 Å². The molecule has 1 atom stereocenters. The normalized spacial score (nSPS) is 11.8. The molecular formula is C6H12N2O3. The summed E-state index contributed by atoms with van der Waals surface area (Å²) in [4.78, 5) is 20.9. The van der Waals surface area contributed by atoms with Gasteiger partial charge in [-0.25, -0.2) is 9.59 Å². The van der Waals surface area contributed by atoms with Crippen LogP contribution in [-0.4, -0.2) is 30.2 Å². The van der Waals surface area contributed by atoms with E-state index < -0.39 is 18.0 Å². The van der Waals surface area contributed by atoms with Crippen LogP contribution >= 0.6 is 0 Å². The molecule has 0 bridgehead atoms. The molecule has 0 aliphatic rings. The maximum atomic E-state index is 10.6. The van der Waals surface area contributed by atoms with E-state index in [1.54, 1.807) is 6.92 Å². The molecule has 0 radical (unpaired) electrons. The Morgan fingerprint density at radius 2 is 2.09 bits per heavy atom. The van der Waals surface area contributed by atoms with Gasteiger partial charge < -0.3 is 15.7 Å². The minimum absolute atomic E-state index is 0.378. The number of amides is 2. The molecule has 0 aromatic heterocycles. The van der Waals surface area contributed by atoms with Crippen LogP contribution in [0.25, 0.3) is 0 Å². The van der Waals surface area contributed by atoms with Crippen molar-refractivity contribution in [1.29, 1.82) is 0 Å². The zero-order valence-electron chi connectivity index (χ0n) is 6.55. The van der Waals surface area contributed by atoms with Gasteiger partial charge in [-0.05, 0) is 6.42 Å². The highest BCUT2D eigenvalue weighted by molar-refractivity contribution is 5.82. The van der Waals surface area contributed by atoms with Crippen molar-refractivity contribution in [2.45, 2.75) is 19.4 Å². The van der Waals surface area contributed by atoms with Gasteiger partial charge in [-0.1, -0.05) is 6.92 Å². The fourth-order valence-corrected chi connectivity index (χ4v) is 0.569. The molecular weight excluding hydrogens is 148 g/mol. The fraction of sp³-hybridized carbons (Fsp3) is 0.667. The lowest BCUT2D eigenvalue weighted by Gasteiger charge is -2.10. The number of carboxylic acid groups (broad SMARTS) is 1. The Hall–Kier alpha value is -1.26. The molecule has 5 nitrogen and oxygen atoms in total. The first kappa shape index (κ1) is 9.74. The van der Waals surface area contributed by atoms with Crippen LogP contribution in [0.3, 0.4) is 0 Å². The molecule has 0 aliphatic carbocycles. The summed E-state index contributed by atoms with van der Waals surface area (Å²) < 4.78 is 0. The predicted octanol–water partition coefficient (Wildman–Crippen LogP) is -0.221. The Morgan fingerprint density at radius 1 is 1.55 bits per heavy atom. The number of rotatable bonds is 3. The smallest absolute Gasteiger partial charge is 0.326 e. The third-order valence-corrected chi connectivity index (χ3v) is 1.24. The zero-order valence-corrected chi connectivity index (χ0v) is 6.55. The van der Waals surface area contributed by atoms with Crippen LogP contribution in [0, 0.1) is 0 Å². The van der Waals surface area contributed by atoms with Gasteiger partial charge in [0.1, 0.15) is 6.04 Å². The van der Waals surface area contributed by atoms with Crippen molar-refractivity contribution in [1.82, 2.24) is 10.6 Å². The van der Waals surface area contributed by atoms with Gasteiger partial charge in [-0.3, -0.25) is 0 Å². The first-order valence-corrected chi connectivity index (χ1v) is 3.32. The van der Waals surface area contributed by atoms with Gasteiger partial charge in [0.2, 0.25) is 0 Å². The van der Waals surface area contributed by atoms with E-state index in [0.29, 0.717) is 6.42 Å². The highest BCUT2D eigenvalue weighted by Crippen LogP contribution is 1.89. The van der Waals surface area contributed by atoms with Crippen molar-refractivity contribution in [3.8, 4) is 0 Å². The molecule has 0 saturated carbocycles. The molecule has 0 aliphatic heterocycles. The molecule has 11 heavy (non-hydrogen) atoms. The van der Waals surface area contributed by atoms with Crippen LogP contribution in [0.1, 0.15) is 13.3 Å². The largest absolute Gasteiger partial charge is 0.480 e. The topological polar surface area (TPSA) is 78.4 Å². The first-order chi connectivity index (χ1) is 5.11. The second-order valence-electron chi connectivity index (χ2n) is 2.02. The molecule has 0 spiro atoms. The summed E-state index contributed by atoms with van der Waals surface area (Å²) in [5.74, 6) is -1.02. The minimum Gasteiger partial charge on any atom is -0.480 e. The van der Waals surface area contributed by atoms with E-state index in [0.717, 1.165) is 0 Å². The molecule has 0 aromatic carbocycles. The van der Waals surface area contributed by atoms with E-state index in [4.69, 9.17) is 5.11 Å². The molecule has 64 valence electrons. The average molecular weight is 160 g/mol. The van der Waals surface area contributed by atoms with Gasteiger partial charge in [0.05, 0.1) is 0 Å². The Kier molecular flexibility index (Phi) is 4.02. The van der Waals surface area contributed by atoms with Crippen molar-refractivity contribution in [3.63, 3.8) is 0 Å². The Bertz CT molecular complexity index is 158. The van der Waals surface area contributed by atoms with E-state index in [2.05, 4.69) is 10.6 Å². The predicted molar refractivity (Wildman–Crippen MR) is 39.3 cm³/mol. The van der Waals surface area contributed by atoms with Crippen molar-refractivity contribution < 1.29 is 14.7 Å². The van der Waals surface area contributed by atoms with Crippen molar-refractivity contribution in [2.24, 2.45) is 0 Å². The average Bonchev–Trinajstić information content (AvgIpc) is 1.99. The van der Waals surface area contributed by atoms with Crippen LogP contribution in [-0.2, 0) is 4.79 Å². The summed E-state index contributed by atoms with van der Waals surface area (Å²) in [6, 6.07) is -1.27. The van der Waals surface area contributed by atoms with Crippen LogP contribution < -0.4 is 10.6 Å². The number of carbonyl (C=O) groups is 2. The first-order valence-electron chi connectivity index (χ1n) is 3.32. The van der Waals surface area contributed by atoms with Crippen molar-refractivity contribution in [2.75, 3.05) is 7.05 Å². The van der Waals surface area contributed by atoms with Gasteiger partial charge in [0, 0.05) is 7.05 Å². The van der Waals surface area contributed by atoms with Crippen LogP contribution in [0.15, 0.2) is 0 Å². The summed E-state index contributed by atoms with van der Waals surface area (Å²) in [6.07, 6.45) is 0.378. The fourth-order valence-electron chi connectivity index (χ4n) is 0.569. The molecule has 0 aromatic rings. The number of carbonyl (C=O) groups excluding carboxylic acids is 1. The number of hydrogen-bond donors (Lipinski definition) is 3. The minimum atomic E-state index is -1.02. The van der Waals surface area contributed by atoms with Gasteiger partial charge in [-0.15, -0.1) is 0 Å². The van der Waals surface area contributed by atoms with Crippen molar-refractivity contribution >= 4 is 12.0 Å². The standard InChI is InChI=1S/C6H12N2O3/c1-3-4(5(9)10)8-6(11)7-2/h4H,3H2,1-2H3,(H,9,10)(H2,7,8,11). The SMILES string of the molecule is CCC(NC(=O)NC)C(=O)O. The third kappa shape index (κ3) is 3.44. The number of urea groups is 1. The second-order valence-corrected chi connectivity index (χ2v) is 2.02. The molecule has 0 saturated heterocycles. The maximum absolute atomic E-state index is 10.6. The van der Waals surface area contributed by atoms with E-state index in [1.807, 2.05) is 0 Å². The highest BCUT2D eigenvalue weighted by atomic mass is 16.4. The molecule has 1 unspecified atom stereocenters. The van der Waals surface area contributed by atoms with E-state index >= 15 is 0 Å². The molecule has 5 heteroatoms. The van der Waals surface area contributed by atoms with Crippen molar-refractivity contribution in [3.05, 3.63) is 0 Å². The number of aliphatic carboxylic acids is 1. The molecule has 3 N–H and O–H groups in total. The number of nitrogens with one attached hydrogen (secondary N) is 2. The highest BCUT2D eigenvalue weighted by Gasteiger charge is 2.15. The monoisotopic (exact) mass is 160 g/mol. The van der Waals surface area contributed by atoms with Gasteiger partial charge >= 0.3 is 12.0 Å². The van der Waals surface area contributed by atoms with Crippen LogP contribution in [0.5, 0.6) is 0 Å². The zero-order chi connectivity index (χ0) is 8.85. The number of carboxylic acids is 1. The van der Waals surface area contributed by atoms with Crippen LogP contribution in [0.4, 0.5) is 4.79 Å². The summed E-state index contributed by atoms with van der Waals surface area (Å²) in [7, 11) is 1.43. The third-order valence-electron chi connectivity index (χ3n) is 1.24. The Labute approximate surface area is 64.8 Å². The van der Waals surface area contributed by atoms with E-state index in [9.17, 15) is 9.59 Å². The van der Waals surface area contributed by atoms with Crippen LogP contribution in [0.2, 0.25) is 0 Å². The summed E-state index contributed by atoms with van der Waals surface area (Å²) in [6.45, 7) is 1.69. The lowest BCUT2D eigenvalue weighted by molar-refractivity contribution is -0.139. The summed E-state index contributed by atoms with van der Waals surface area (Å²) in [5, 5.41) is 13.0. The van der Waals surface area contributed by atoms with Gasteiger partial charge in [0.15, 0.2) is 0 Å². The van der Waals surface area contributed by atoms with E-state index in [-0.39, 0.29) is 0 Å². The molecule has 2 amide bonds. The van der Waals surface area contributed by atoms with Gasteiger partial charge in [-0.2, -0.15) is 0 Å². The maximum Gasteiger partial charge on any atom is 0.326 e. The quantitative estimate of drug-likeness (QED) is 0.534. The lowest BCUT2D eigenvalue weighted by atomic mass is 10.2. The second kappa shape index (κ2) is 4.54. The van der Waals surface area contributed by atoms with Gasteiger partial charge in [0.25, 0.3) is 0 Å².